The summed E-state index contributed by atoms with van der Waals surface area (Å²) in [6.45, 7) is 6.91. The average molecular weight is 417 g/mol. The van der Waals surface area contributed by atoms with Crippen molar-refractivity contribution in [2.24, 2.45) is 0 Å². The van der Waals surface area contributed by atoms with E-state index in [1.165, 1.54) is 0 Å². The van der Waals surface area contributed by atoms with Crippen molar-refractivity contribution in [1.82, 2.24) is 5.01 Å². The smallest absolute Gasteiger partial charge is 0.429 e. The van der Waals surface area contributed by atoms with Gasteiger partial charge in [-0.3, -0.25) is 5.01 Å². The number of rotatable bonds is 4. The second kappa shape index (κ2) is 8.74. The van der Waals surface area contributed by atoms with E-state index in [-0.39, 0.29) is 6.61 Å². The second-order valence-electron chi connectivity index (χ2n) is 7.83. The molecule has 2 aromatic rings. The summed E-state index contributed by atoms with van der Waals surface area (Å²) in [5.41, 5.74) is 1.45. The zero-order chi connectivity index (χ0) is 21.0. The van der Waals surface area contributed by atoms with Crippen LogP contribution in [0.15, 0.2) is 48.5 Å². The number of halogens is 1. The number of esters is 1. The van der Waals surface area contributed by atoms with Crippen LogP contribution in [0.3, 0.4) is 0 Å². The van der Waals surface area contributed by atoms with Gasteiger partial charge in [-0.15, -0.1) is 0 Å². The van der Waals surface area contributed by atoms with Crippen LogP contribution >= 0.6 is 11.6 Å². The summed E-state index contributed by atoms with van der Waals surface area (Å²) < 4.78 is 10.9. The third kappa shape index (κ3) is 5.64. The minimum Gasteiger partial charge on any atom is -0.457 e. The maximum absolute atomic E-state index is 12.5. The molecule has 0 spiro atoms. The van der Waals surface area contributed by atoms with E-state index < -0.39 is 17.7 Å². The van der Waals surface area contributed by atoms with Crippen LogP contribution in [0, 0.1) is 0 Å². The first-order valence-electron chi connectivity index (χ1n) is 9.52. The molecule has 1 amide bonds. The Hall–Kier alpha value is -2.73. The van der Waals surface area contributed by atoms with E-state index in [1.807, 2.05) is 44.0 Å². The lowest BCUT2D eigenvalue weighted by Crippen LogP contribution is -2.44. The van der Waals surface area contributed by atoms with Crippen LogP contribution in [-0.2, 0) is 16.1 Å². The number of nitrogens with zero attached hydrogens (tertiary/aromatic N) is 2. The minimum atomic E-state index is -0.571. The summed E-state index contributed by atoms with van der Waals surface area (Å²) in [4.78, 5) is 25.0. The minimum absolute atomic E-state index is 0.161. The second-order valence-corrected chi connectivity index (χ2v) is 8.27. The molecule has 0 aliphatic carbocycles. The van der Waals surface area contributed by atoms with Crippen LogP contribution in [0.4, 0.5) is 10.5 Å². The molecule has 2 aromatic carbocycles. The number of carbonyl (C=O) groups excluding carboxylic acids is 2. The van der Waals surface area contributed by atoms with Gasteiger partial charge in [-0.1, -0.05) is 29.8 Å². The SMILES string of the molecule is CC(C)(C)OC(=O)N1CCCN1c1cccc(C(=O)OCc2ccc(Cl)cc2)c1. The van der Waals surface area contributed by atoms with Crippen molar-refractivity contribution in [3.63, 3.8) is 0 Å². The van der Waals surface area contributed by atoms with E-state index in [2.05, 4.69) is 0 Å². The van der Waals surface area contributed by atoms with Gasteiger partial charge >= 0.3 is 12.1 Å². The number of amides is 1. The first-order chi connectivity index (χ1) is 13.7. The highest BCUT2D eigenvalue weighted by Crippen LogP contribution is 2.25. The van der Waals surface area contributed by atoms with Gasteiger partial charge < -0.3 is 9.47 Å². The lowest BCUT2D eigenvalue weighted by molar-refractivity contribution is 0.0274. The Kier molecular flexibility index (Phi) is 6.33. The lowest BCUT2D eigenvalue weighted by atomic mass is 10.2. The Labute approximate surface area is 175 Å². The van der Waals surface area contributed by atoms with Crippen molar-refractivity contribution in [2.45, 2.75) is 39.4 Å². The molecule has 0 aromatic heterocycles. The molecule has 1 fully saturated rings. The van der Waals surface area contributed by atoms with Crippen LogP contribution in [0.1, 0.15) is 43.1 Å². The summed E-state index contributed by atoms with van der Waals surface area (Å²) in [5, 5.41) is 4.04. The number of hydrazine groups is 1. The zero-order valence-corrected chi connectivity index (χ0v) is 17.6. The summed E-state index contributed by atoms with van der Waals surface area (Å²) in [6.07, 6.45) is 0.426. The summed E-state index contributed by atoms with van der Waals surface area (Å²) >= 11 is 5.87. The first kappa shape index (κ1) is 21.0. The molecule has 154 valence electrons. The summed E-state index contributed by atoms with van der Waals surface area (Å²) in [5.74, 6) is -0.426. The van der Waals surface area contributed by atoms with Crippen molar-refractivity contribution < 1.29 is 19.1 Å². The molecule has 7 heteroatoms. The van der Waals surface area contributed by atoms with Gasteiger partial charge in [-0.2, -0.15) is 0 Å². The number of carbonyl (C=O) groups is 2. The molecule has 6 nitrogen and oxygen atoms in total. The van der Waals surface area contributed by atoms with E-state index in [0.29, 0.717) is 23.7 Å². The number of ether oxygens (including phenoxy) is 2. The molecule has 1 heterocycles. The van der Waals surface area contributed by atoms with Crippen LogP contribution in [-0.4, -0.2) is 35.8 Å². The van der Waals surface area contributed by atoms with Gasteiger partial charge in [-0.25, -0.2) is 14.6 Å². The topological polar surface area (TPSA) is 59.1 Å². The Morgan fingerprint density at radius 2 is 1.79 bits per heavy atom. The summed E-state index contributed by atoms with van der Waals surface area (Å²) in [6, 6.07) is 14.2. The molecule has 3 rings (SSSR count). The predicted octanol–water partition coefficient (Wildman–Crippen LogP) is 5.06. The molecule has 0 unspecified atom stereocenters. The van der Waals surface area contributed by atoms with Crippen molar-refractivity contribution >= 4 is 29.4 Å². The lowest BCUT2D eigenvalue weighted by Gasteiger charge is -2.31. The maximum Gasteiger partial charge on any atom is 0.429 e. The largest absolute Gasteiger partial charge is 0.457 e. The van der Waals surface area contributed by atoms with E-state index in [4.69, 9.17) is 21.1 Å². The van der Waals surface area contributed by atoms with E-state index in [9.17, 15) is 9.59 Å². The number of hydrogen-bond donors (Lipinski definition) is 0. The molecule has 0 N–H and O–H groups in total. The van der Waals surface area contributed by atoms with Gasteiger partial charge in [-0.05, 0) is 63.1 Å². The van der Waals surface area contributed by atoms with E-state index >= 15 is 0 Å². The predicted molar refractivity (Wildman–Crippen MR) is 112 cm³/mol. The third-order valence-electron chi connectivity index (χ3n) is 4.30. The molecule has 1 aliphatic heterocycles. The van der Waals surface area contributed by atoms with Gasteiger partial charge in [0.2, 0.25) is 0 Å². The van der Waals surface area contributed by atoms with Crippen LogP contribution in [0.5, 0.6) is 0 Å². The van der Waals surface area contributed by atoms with Crippen LogP contribution in [0.25, 0.3) is 0 Å². The van der Waals surface area contributed by atoms with Gasteiger partial charge in [0.25, 0.3) is 0 Å². The van der Waals surface area contributed by atoms with Crippen molar-refractivity contribution in [1.29, 1.82) is 0 Å². The molecule has 0 saturated carbocycles. The first-order valence-corrected chi connectivity index (χ1v) is 9.90. The Morgan fingerprint density at radius 1 is 1.07 bits per heavy atom. The molecule has 29 heavy (non-hydrogen) atoms. The van der Waals surface area contributed by atoms with Crippen molar-refractivity contribution in [2.75, 3.05) is 18.1 Å². The quantitative estimate of drug-likeness (QED) is 0.652. The van der Waals surface area contributed by atoms with Gasteiger partial charge in [0, 0.05) is 18.1 Å². The Balaban J connectivity index is 1.68. The Morgan fingerprint density at radius 3 is 2.48 bits per heavy atom. The van der Waals surface area contributed by atoms with Crippen LogP contribution in [0.2, 0.25) is 5.02 Å². The number of hydrogen-bond acceptors (Lipinski definition) is 5. The molecule has 1 aliphatic rings. The fourth-order valence-corrected chi connectivity index (χ4v) is 3.12. The molecular weight excluding hydrogens is 392 g/mol. The van der Waals surface area contributed by atoms with Crippen LogP contribution < -0.4 is 5.01 Å². The monoisotopic (exact) mass is 416 g/mol. The zero-order valence-electron chi connectivity index (χ0n) is 16.9. The highest BCUT2D eigenvalue weighted by Gasteiger charge is 2.31. The third-order valence-corrected chi connectivity index (χ3v) is 4.55. The molecule has 0 bridgehead atoms. The number of anilines is 1. The standard InChI is InChI=1S/C22H25ClN2O4/c1-22(2,3)29-21(27)25-13-5-12-24(25)19-7-4-6-17(14-19)20(26)28-15-16-8-10-18(23)11-9-16/h4,6-11,14H,5,12-13,15H2,1-3H3. The van der Waals surface area contributed by atoms with E-state index in [1.54, 1.807) is 35.3 Å². The Bertz CT molecular complexity index is 877. The molecular formula is C22H25ClN2O4. The fourth-order valence-electron chi connectivity index (χ4n) is 2.99. The molecule has 1 saturated heterocycles. The van der Waals surface area contributed by atoms with Gasteiger partial charge in [0.15, 0.2) is 0 Å². The van der Waals surface area contributed by atoms with Gasteiger partial charge in [0.1, 0.15) is 12.2 Å². The highest BCUT2D eigenvalue weighted by atomic mass is 35.5. The highest BCUT2D eigenvalue weighted by molar-refractivity contribution is 6.30. The maximum atomic E-state index is 12.5. The molecule has 0 atom stereocenters. The normalized spacial score (nSPS) is 14.1. The summed E-state index contributed by atoms with van der Waals surface area (Å²) in [7, 11) is 0. The van der Waals surface area contributed by atoms with Crippen molar-refractivity contribution in [3.05, 3.63) is 64.7 Å². The van der Waals surface area contributed by atoms with Gasteiger partial charge in [0.05, 0.1) is 11.3 Å². The number of benzene rings is 2. The van der Waals surface area contributed by atoms with E-state index in [0.717, 1.165) is 17.7 Å². The molecule has 0 radical (unpaired) electrons. The average Bonchev–Trinajstić information content (AvgIpc) is 3.16. The fraction of sp³-hybridized carbons (Fsp3) is 0.364. The van der Waals surface area contributed by atoms with Crippen molar-refractivity contribution in [3.8, 4) is 0 Å².